The van der Waals surface area contributed by atoms with Crippen molar-refractivity contribution in [3.05, 3.63) is 12.4 Å². The molecule has 0 radical (unpaired) electrons. The lowest BCUT2D eigenvalue weighted by Gasteiger charge is -1.97. The lowest BCUT2D eigenvalue weighted by molar-refractivity contribution is 0.832. The molecule has 0 aliphatic rings. The van der Waals surface area contributed by atoms with Gasteiger partial charge in [0.2, 0.25) is 0 Å². The van der Waals surface area contributed by atoms with Gasteiger partial charge in [0.1, 0.15) is 5.82 Å². The quantitative estimate of drug-likeness (QED) is 0.533. The van der Waals surface area contributed by atoms with E-state index >= 15 is 0 Å². The van der Waals surface area contributed by atoms with Crippen molar-refractivity contribution in [2.45, 2.75) is 19.4 Å². The Balaban J connectivity index is 3.56. The molecule has 3 heteroatoms. The van der Waals surface area contributed by atoms with Gasteiger partial charge in [-0.25, -0.2) is 4.99 Å². The summed E-state index contributed by atoms with van der Waals surface area (Å²) in [5, 5.41) is 0. The van der Waals surface area contributed by atoms with Gasteiger partial charge in [0.25, 0.3) is 0 Å². The minimum absolute atomic E-state index is 0.00491. The highest BCUT2D eigenvalue weighted by molar-refractivity contribution is 5.64. The molecule has 0 aliphatic heterocycles. The second-order valence-electron chi connectivity index (χ2n) is 1.84. The van der Waals surface area contributed by atoms with Crippen molar-refractivity contribution < 1.29 is 0 Å². The van der Waals surface area contributed by atoms with Crippen molar-refractivity contribution in [3.8, 4) is 0 Å². The molecule has 0 spiro atoms. The van der Waals surface area contributed by atoms with Crippen LogP contribution in [0.3, 0.4) is 0 Å². The lowest BCUT2D eigenvalue weighted by Crippen LogP contribution is -2.20. The number of hydrogen-bond donors (Lipinski definition) is 2. The Morgan fingerprint density at radius 2 is 2.44 bits per heavy atom. The highest BCUT2D eigenvalue weighted by Gasteiger charge is 1.89. The van der Waals surface area contributed by atoms with Crippen LogP contribution < -0.4 is 11.5 Å². The maximum Gasteiger partial charge on any atom is 0.115 e. The van der Waals surface area contributed by atoms with Gasteiger partial charge in [-0.3, -0.25) is 0 Å². The molecule has 4 N–H and O–H groups in total. The molecule has 1 atom stereocenters. The molecule has 0 saturated heterocycles. The summed E-state index contributed by atoms with van der Waals surface area (Å²) in [6.07, 6.45) is 2.47. The van der Waals surface area contributed by atoms with Crippen molar-refractivity contribution in [2.75, 3.05) is 0 Å². The largest absolute Gasteiger partial charge is 0.384 e. The SMILES string of the molecule is C=C(N)/N=C\C(N)CC. The number of nitrogens with two attached hydrogens (primary N) is 2. The van der Waals surface area contributed by atoms with E-state index in [4.69, 9.17) is 11.5 Å². The topological polar surface area (TPSA) is 64.4 Å². The van der Waals surface area contributed by atoms with Gasteiger partial charge < -0.3 is 11.5 Å². The fourth-order valence-corrected chi connectivity index (χ4v) is 0.297. The van der Waals surface area contributed by atoms with E-state index in [1.54, 1.807) is 6.21 Å². The van der Waals surface area contributed by atoms with E-state index < -0.39 is 0 Å². The Bertz CT molecular complexity index is 117. The monoisotopic (exact) mass is 127 g/mol. The Morgan fingerprint density at radius 1 is 1.89 bits per heavy atom. The zero-order chi connectivity index (χ0) is 7.28. The molecule has 3 nitrogen and oxygen atoms in total. The van der Waals surface area contributed by atoms with Crippen LogP contribution in [0.4, 0.5) is 0 Å². The van der Waals surface area contributed by atoms with Crippen LogP contribution in [0.1, 0.15) is 13.3 Å². The van der Waals surface area contributed by atoms with Crippen LogP contribution in [0.5, 0.6) is 0 Å². The van der Waals surface area contributed by atoms with Gasteiger partial charge in [0.05, 0.1) is 0 Å². The van der Waals surface area contributed by atoms with Crippen molar-refractivity contribution >= 4 is 6.21 Å². The van der Waals surface area contributed by atoms with Gasteiger partial charge in [-0.05, 0) is 6.42 Å². The van der Waals surface area contributed by atoms with Crippen LogP contribution in [0, 0.1) is 0 Å². The molecule has 0 rings (SSSR count). The number of aliphatic imine (C=N–C) groups is 1. The zero-order valence-corrected chi connectivity index (χ0v) is 5.67. The normalized spacial score (nSPS) is 14.0. The third-order valence-electron chi connectivity index (χ3n) is 0.903. The molecule has 52 valence electrons. The first-order valence-corrected chi connectivity index (χ1v) is 2.91. The first kappa shape index (κ1) is 8.17. The first-order chi connectivity index (χ1) is 4.16. The predicted octanol–water partition coefficient (Wildman–Crippen LogP) is 0.224. The van der Waals surface area contributed by atoms with Crippen LogP contribution in [0.15, 0.2) is 17.4 Å². The summed E-state index contributed by atoms with van der Waals surface area (Å²) in [6, 6.07) is 0.00491. The van der Waals surface area contributed by atoms with Crippen molar-refractivity contribution in [2.24, 2.45) is 16.5 Å². The number of hydrogen-bond acceptors (Lipinski definition) is 3. The van der Waals surface area contributed by atoms with E-state index in [9.17, 15) is 0 Å². The van der Waals surface area contributed by atoms with Gasteiger partial charge in [-0.15, -0.1) is 0 Å². The van der Waals surface area contributed by atoms with Gasteiger partial charge in [0.15, 0.2) is 0 Å². The standard InChI is InChI=1S/C6H13N3/c1-3-6(8)4-9-5(2)7/h4,6H,2-3,7-8H2,1H3/b9-4-. The maximum absolute atomic E-state index is 5.48. The Labute approximate surface area is 55.4 Å². The summed E-state index contributed by atoms with van der Waals surface area (Å²) in [6.45, 7) is 5.37. The summed E-state index contributed by atoms with van der Waals surface area (Å²) in [7, 11) is 0. The van der Waals surface area contributed by atoms with Gasteiger partial charge in [-0.1, -0.05) is 13.5 Å². The predicted molar refractivity (Wildman–Crippen MR) is 40.1 cm³/mol. The Morgan fingerprint density at radius 3 is 2.78 bits per heavy atom. The molecular weight excluding hydrogens is 114 g/mol. The first-order valence-electron chi connectivity index (χ1n) is 2.91. The van der Waals surface area contributed by atoms with Crippen molar-refractivity contribution in [1.82, 2.24) is 0 Å². The van der Waals surface area contributed by atoms with E-state index in [-0.39, 0.29) is 6.04 Å². The Hall–Kier alpha value is -0.830. The summed E-state index contributed by atoms with van der Waals surface area (Å²) >= 11 is 0. The van der Waals surface area contributed by atoms with E-state index in [2.05, 4.69) is 11.6 Å². The van der Waals surface area contributed by atoms with E-state index in [1.165, 1.54) is 0 Å². The number of nitrogens with zero attached hydrogens (tertiary/aromatic N) is 1. The summed E-state index contributed by atoms with van der Waals surface area (Å²) in [4.78, 5) is 3.73. The molecule has 0 aliphatic carbocycles. The van der Waals surface area contributed by atoms with E-state index in [1.807, 2.05) is 6.92 Å². The average molecular weight is 127 g/mol. The third-order valence-corrected chi connectivity index (χ3v) is 0.903. The Kier molecular flexibility index (Phi) is 3.71. The van der Waals surface area contributed by atoms with Crippen molar-refractivity contribution in [1.29, 1.82) is 0 Å². The highest BCUT2D eigenvalue weighted by Crippen LogP contribution is 1.83. The van der Waals surface area contributed by atoms with E-state index in [0.717, 1.165) is 6.42 Å². The van der Waals surface area contributed by atoms with Crippen LogP contribution in [-0.2, 0) is 0 Å². The van der Waals surface area contributed by atoms with Crippen LogP contribution >= 0.6 is 0 Å². The van der Waals surface area contributed by atoms with Gasteiger partial charge in [-0.2, -0.15) is 0 Å². The minimum atomic E-state index is 0.00491. The molecule has 0 aromatic heterocycles. The molecule has 9 heavy (non-hydrogen) atoms. The second kappa shape index (κ2) is 4.09. The van der Waals surface area contributed by atoms with Crippen LogP contribution in [0.25, 0.3) is 0 Å². The summed E-state index contributed by atoms with van der Waals surface area (Å²) < 4.78 is 0. The molecule has 0 bridgehead atoms. The second-order valence-corrected chi connectivity index (χ2v) is 1.84. The van der Waals surface area contributed by atoms with Gasteiger partial charge >= 0.3 is 0 Å². The minimum Gasteiger partial charge on any atom is -0.384 e. The highest BCUT2D eigenvalue weighted by atomic mass is 14.9. The molecule has 0 amide bonds. The summed E-state index contributed by atoms with van der Waals surface area (Å²) in [5.74, 6) is 0.305. The van der Waals surface area contributed by atoms with Crippen molar-refractivity contribution in [3.63, 3.8) is 0 Å². The molecular formula is C6H13N3. The number of rotatable bonds is 3. The molecule has 0 saturated carbocycles. The van der Waals surface area contributed by atoms with Crippen LogP contribution in [-0.4, -0.2) is 12.3 Å². The third kappa shape index (κ3) is 5.03. The molecule has 0 fully saturated rings. The molecule has 0 aromatic carbocycles. The molecule has 1 unspecified atom stereocenters. The fraction of sp³-hybridized carbons (Fsp3) is 0.500. The van der Waals surface area contributed by atoms with Crippen LogP contribution in [0.2, 0.25) is 0 Å². The summed E-state index contributed by atoms with van der Waals surface area (Å²) in [5.41, 5.74) is 10.6. The van der Waals surface area contributed by atoms with Gasteiger partial charge in [0, 0.05) is 12.3 Å². The average Bonchev–Trinajstić information content (AvgIpc) is 1.83. The zero-order valence-electron chi connectivity index (χ0n) is 5.67. The molecule has 0 aromatic rings. The smallest absolute Gasteiger partial charge is 0.115 e. The fourth-order valence-electron chi connectivity index (χ4n) is 0.297. The maximum atomic E-state index is 5.48. The lowest BCUT2D eigenvalue weighted by atomic mass is 10.3. The molecule has 0 heterocycles. The van der Waals surface area contributed by atoms with E-state index in [0.29, 0.717) is 5.82 Å².